The molecule has 26 heavy (non-hydrogen) atoms. The molecule has 2 aliphatic heterocycles. The van der Waals surface area contributed by atoms with Gasteiger partial charge in [-0.05, 0) is 45.0 Å². The van der Waals surface area contributed by atoms with Crippen LogP contribution < -0.4 is 0 Å². The van der Waals surface area contributed by atoms with Gasteiger partial charge in [-0.2, -0.15) is 0 Å². The Labute approximate surface area is 159 Å². The first kappa shape index (κ1) is 18.2. The van der Waals surface area contributed by atoms with Crippen molar-refractivity contribution in [3.8, 4) is 0 Å². The van der Waals surface area contributed by atoms with Gasteiger partial charge in [-0.25, -0.2) is 0 Å². The highest BCUT2D eigenvalue weighted by Gasteiger charge is 2.32. The predicted octanol–water partition coefficient (Wildman–Crippen LogP) is 3.07. The SMILES string of the molecule is Cc1cc(C[C@@H]2CN(Cc3ccc(CN4CCCCC4)s3)C[C@@H]2O)on1. The van der Waals surface area contributed by atoms with E-state index in [9.17, 15) is 5.11 Å². The Bertz CT molecular complexity index is 707. The molecule has 2 aliphatic rings. The Morgan fingerprint density at radius 2 is 1.85 bits per heavy atom. The molecule has 0 radical (unpaired) electrons. The molecular weight excluding hydrogens is 346 g/mol. The maximum absolute atomic E-state index is 10.4. The quantitative estimate of drug-likeness (QED) is 0.841. The summed E-state index contributed by atoms with van der Waals surface area (Å²) in [4.78, 5) is 7.82. The van der Waals surface area contributed by atoms with E-state index in [2.05, 4.69) is 27.1 Å². The molecule has 5 nitrogen and oxygen atoms in total. The number of aliphatic hydroxyl groups is 1. The monoisotopic (exact) mass is 375 g/mol. The van der Waals surface area contributed by atoms with Gasteiger partial charge < -0.3 is 9.63 Å². The maximum Gasteiger partial charge on any atom is 0.137 e. The summed E-state index contributed by atoms with van der Waals surface area (Å²) in [5.41, 5.74) is 0.907. The molecule has 1 N–H and O–H groups in total. The minimum absolute atomic E-state index is 0.232. The van der Waals surface area contributed by atoms with Gasteiger partial charge in [-0.15, -0.1) is 11.3 Å². The van der Waals surface area contributed by atoms with Crippen LogP contribution in [0.2, 0.25) is 0 Å². The van der Waals surface area contributed by atoms with Crippen LogP contribution in [0.4, 0.5) is 0 Å². The zero-order valence-corrected chi connectivity index (χ0v) is 16.4. The summed E-state index contributed by atoms with van der Waals surface area (Å²) in [5, 5.41) is 14.4. The molecular formula is C20H29N3O2S. The van der Waals surface area contributed by atoms with E-state index in [1.807, 2.05) is 24.3 Å². The lowest BCUT2D eigenvalue weighted by Gasteiger charge is -2.25. The summed E-state index contributed by atoms with van der Waals surface area (Å²) in [6, 6.07) is 6.53. The summed E-state index contributed by atoms with van der Waals surface area (Å²) in [6.07, 6.45) is 4.56. The van der Waals surface area contributed by atoms with Crippen molar-refractivity contribution in [1.29, 1.82) is 0 Å². The van der Waals surface area contributed by atoms with Crippen LogP contribution >= 0.6 is 11.3 Å². The van der Waals surface area contributed by atoms with E-state index in [1.165, 1.54) is 42.1 Å². The third-order valence-corrected chi connectivity index (χ3v) is 6.60. The second-order valence-corrected chi connectivity index (χ2v) is 9.12. The molecule has 2 saturated heterocycles. The number of β-amino-alcohol motifs (C(OH)–C–C–N with tert-alkyl or cyclic N) is 1. The van der Waals surface area contributed by atoms with E-state index < -0.39 is 0 Å². The van der Waals surface area contributed by atoms with Crippen molar-refractivity contribution in [3.63, 3.8) is 0 Å². The molecule has 4 rings (SSSR count). The van der Waals surface area contributed by atoms with Gasteiger partial charge >= 0.3 is 0 Å². The number of aliphatic hydroxyl groups excluding tert-OH is 1. The lowest BCUT2D eigenvalue weighted by Crippen LogP contribution is -2.28. The number of aromatic nitrogens is 1. The van der Waals surface area contributed by atoms with Crippen LogP contribution in [0.5, 0.6) is 0 Å². The van der Waals surface area contributed by atoms with Gasteiger partial charge in [0.15, 0.2) is 0 Å². The van der Waals surface area contributed by atoms with Crippen molar-refractivity contribution in [2.24, 2.45) is 5.92 Å². The molecule has 2 fully saturated rings. The molecule has 0 bridgehead atoms. The van der Waals surface area contributed by atoms with Gasteiger partial charge in [-0.1, -0.05) is 11.6 Å². The number of rotatable bonds is 6. The molecule has 0 unspecified atom stereocenters. The number of thiophene rings is 1. The lowest BCUT2D eigenvalue weighted by atomic mass is 10.0. The first-order valence-electron chi connectivity index (χ1n) is 9.78. The summed E-state index contributed by atoms with van der Waals surface area (Å²) < 4.78 is 5.32. The van der Waals surface area contributed by atoms with Gasteiger partial charge in [0.2, 0.25) is 0 Å². The first-order chi connectivity index (χ1) is 12.7. The smallest absolute Gasteiger partial charge is 0.137 e. The second kappa shape index (κ2) is 8.21. The molecule has 2 aromatic heterocycles. The Morgan fingerprint density at radius 3 is 2.54 bits per heavy atom. The topological polar surface area (TPSA) is 52.7 Å². The van der Waals surface area contributed by atoms with Crippen molar-refractivity contribution in [2.45, 2.75) is 51.8 Å². The largest absolute Gasteiger partial charge is 0.391 e. The van der Waals surface area contributed by atoms with Gasteiger partial charge in [0.05, 0.1) is 11.8 Å². The van der Waals surface area contributed by atoms with E-state index in [1.54, 1.807) is 0 Å². The van der Waals surface area contributed by atoms with E-state index in [4.69, 9.17) is 4.52 Å². The molecule has 0 saturated carbocycles. The van der Waals surface area contributed by atoms with Gasteiger partial charge in [0.25, 0.3) is 0 Å². The Hall–Kier alpha value is -1.21. The van der Waals surface area contributed by atoms with Gasteiger partial charge in [0.1, 0.15) is 5.76 Å². The average Bonchev–Trinajstić information content (AvgIpc) is 3.32. The van der Waals surface area contributed by atoms with Crippen molar-refractivity contribution >= 4 is 11.3 Å². The molecule has 0 aliphatic carbocycles. The van der Waals surface area contributed by atoms with E-state index in [0.29, 0.717) is 0 Å². The first-order valence-corrected chi connectivity index (χ1v) is 10.6. The molecule has 0 amide bonds. The van der Waals surface area contributed by atoms with Gasteiger partial charge in [-0.3, -0.25) is 9.80 Å². The maximum atomic E-state index is 10.4. The van der Waals surface area contributed by atoms with Crippen LogP contribution in [0.25, 0.3) is 0 Å². The number of piperidine rings is 1. The Kier molecular flexibility index (Phi) is 5.74. The zero-order chi connectivity index (χ0) is 17.9. The van der Waals surface area contributed by atoms with Crippen LogP contribution in [-0.4, -0.2) is 52.3 Å². The number of likely N-dealkylation sites (tertiary alicyclic amines) is 2. The number of nitrogens with zero attached hydrogens (tertiary/aromatic N) is 3. The number of hydrogen-bond acceptors (Lipinski definition) is 6. The highest BCUT2D eigenvalue weighted by molar-refractivity contribution is 7.11. The molecule has 2 atom stereocenters. The lowest BCUT2D eigenvalue weighted by molar-refractivity contribution is 0.137. The third kappa shape index (κ3) is 4.55. The highest BCUT2D eigenvalue weighted by atomic mass is 32.1. The van der Waals surface area contributed by atoms with Crippen molar-refractivity contribution in [1.82, 2.24) is 15.0 Å². The highest BCUT2D eigenvalue weighted by Crippen LogP contribution is 2.26. The molecule has 4 heterocycles. The van der Waals surface area contributed by atoms with E-state index in [-0.39, 0.29) is 12.0 Å². The van der Waals surface area contributed by atoms with E-state index in [0.717, 1.165) is 44.1 Å². The molecule has 142 valence electrons. The summed E-state index contributed by atoms with van der Waals surface area (Å²) in [5.74, 6) is 1.11. The van der Waals surface area contributed by atoms with Crippen molar-refractivity contribution in [2.75, 3.05) is 26.2 Å². The standard InChI is InChI=1S/C20H29N3O2S/c1-15-9-17(25-21-15)10-16-11-23(14-20(16)24)13-19-6-5-18(26-19)12-22-7-3-2-4-8-22/h5-6,9,16,20,24H,2-4,7-8,10-14H2,1H3/t16-,20+/m1/s1. The Morgan fingerprint density at radius 1 is 1.12 bits per heavy atom. The fourth-order valence-electron chi connectivity index (χ4n) is 4.19. The Balaban J connectivity index is 1.29. The molecule has 6 heteroatoms. The summed E-state index contributed by atoms with van der Waals surface area (Å²) >= 11 is 1.93. The van der Waals surface area contributed by atoms with Crippen LogP contribution in [0, 0.1) is 12.8 Å². The minimum atomic E-state index is -0.284. The van der Waals surface area contributed by atoms with Crippen molar-refractivity contribution < 1.29 is 9.63 Å². The fraction of sp³-hybridized carbons (Fsp3) is 0.650. The van der Waals surface area contributed by atoms with Crippen LogP contribution in [-0.2, 0) is 19.5 Å². The number of hydrogen-bond donors (Lipinski definition) is 1. The normalized spacial score (nSPS) is 25.2. The fourth-order valence-corrected chi connectivity index (χ4v) is 5.30. The van der Waals surface area contributed by atoms with Gasteiger partial charge in [0, 0.05) is 54.3 Å². The molecule has 2 aromatic rings. The van der Waals surface area contributed by atoms with Crippen molar-refractivity contribution in [3.05, 3.63) is 39.4 Å². The third-order valence-electron chi connectivity index (χ3n) is 5.55. The summed E-state index contributed by atoms with van der Waals surface area (Å²) in [7, 11) is 0. The average molecular weight is 376 g/mol. The van der Waals surface area contributed by atoms with E-state index >= 15 is 0 Å². The predicted molar refractivity (Wildman–Crippen MR) is 103 cm³/mol. The van der Waals surface area contributed by atoms with Crippen LogP contribution in [0.3, 0.4) is 0 Å². The summed E-state index contributed by atoms with van der Waals surface area (Å²) in [6.45, 7) is 8.12. The zero-order valence-electron chi connectivity index (χ0n) is 15.6. The minimum Gasteiger partial charge on any atom is -0.391 e. The van der Waals surface area contributed by atoms with Crippen LogP contribution in [0.15, 0.2) is 22.7 Å². The van der Waals surface area contributed by atoms with Crippen LogP contribution in [0.1, 0.15) is 40.5 Å². The second-order valence-electron chi connectivity index (χ2n) is 7.87. The molecule has 0 spiro atoms. The number of aryl methyl sites for hydroxylation is 1. The molecule has 0 aromatic carbocycles.